The van der Waals surface area contributed by atoms with Crippen LogP contribution in [0.15, 0.2) is 18.2 Å². The summed E-state index contributed by atoms with van der Waals surface area (Å²) >= 11 is 0. The summed E-state index contributed by atoms with van der Waals surface area (Å²) in [6, 6.07) is 5.10. The number of carbonyl (C=O) groups is 1. The lowest BCUT2D eigenvalue weighted by atomic mass is 9.99. The molecule has 2 rings (SSSR count). The third-order valence-electron chi connectivity index (χ3n) is 2.75. The van der Waals surface area contributed by atoms with Crippen molar-refractivity contribution >= 4 is 16.9 Å². The second-order valence-electron chi connectivity index (χ2n) is 4.58. The van der Waals surface area contributed by atoms with Crippen molar-refractivity contribution in [3.05, 3.63) is 29.5 Å². The van der Waals surface area contributed by atoms with Gasteiger partial charge in [0.25, 0.3) is 0 Å². The zero-order valence-electron chi connectivity index (χ0n) is 9.82. The number of hydrogen-bond donors (Lipinski definition) is 3. The van der Waals surface area contributed by atoms with Crippen LogP contribution in [-0.2, 0) is 6.42 Å². The van der Waals surface area contributed by atoms with Crippen LogP contribution in [0.5, 0.6) is 5.75 Å². The molecule has 0 saturated heterocycles. The number of aromatic hydroxyl groups is 1. The maximum Gasteiger partial charge on any atom is 0.352 e. The van der Waals surface area contributed by atoms with Crippen LogP contribution in [-0.4, -0.2) is 21.2 Å². The van der Waals surface area contributed by atoms with Crippen molar-refractivity contribution in [2.45, 2.75) is 20.3 Å². The van der Waals surface area contributed by atoms with Crippen molar-refractivity contribution in [1.29, 1.82) is 0 Å². The predicted molar refractivity (Wildman–Crippen MR) is 65.5 cm³/mol. The molecule has 17 heavy (non-hydrogen) atoms. The lowest BCUT2D eigenvalue weighted by molar-refractivity contribution is 0.0690. The number of nitrogens with one attached hydrogen (secondary N) is 1. The summed E-state index contributed by atoms with van der Waals surface area (Å²) in [5.74, 6) is -0.550. The van der Waals surface area contributed by atoms with Gasteiger partial charge in [0.05, 0.1) is 5.52 Å². The number of aromatic amines is 1. The monoisotopic (exact) mass is 233 g/mol. The highest BCUT2D eigenvalue weighted by Gasteiger charge is 2.18. The maximum absolute atomic E-state index is 11.2. The molecule has 0 spiro atoms. The first-order valence-corrected chi connectivity index (χ1v) is 5.56. The molecule has 2 aromatic rings. The van der Waals surface area contributed by atoms with E-state index in [9.17, 15) is 9.90 Å². The Balaban J connectivity index is 2.71. The normalized spacial score (nSPS) is 11.2. The van der Waals surface area contributed by atoms with Crippen molar-refractivity contribution in [3.8, 4) is 5.75 Å². The predicted octanol–water partition coefficient (Wildman–Crippen LogP) is 2.77. The van der Waals surface area contributed by atoms with Gasteiger partial charge in [-0.1, -0.05) is 26.0 Å². The summed E-state index contributed by atoms with van der Waals surface area (Å²) in [6.45, 7) is 4.07. The van der Waals surface area contributed by atoms with E-state index in [1.165, 1.54) is 0 Å². The van der Waals surface area contributed by atoms with Gasteiger partial charge in [-0.2, -0.15) is 0 Å². The Hall–Kier alpha value is -1.97. The fourth-order valence-electron chi connectivity index (χ4n) is 2.06. The van der Waals surface area contributed by atoms with Gasteiger partial charge < -0.3 is 15.2 Å². The topological polar surface area (TPSA) is 73.3 Å². The smallest absolute Gasteiger partial charge is 0.352 e. The molecule has 3 N–H and O–H groups in total. The van der Waals surface area contributed by atoms with Gasteiger partial charge in [-0.05, 0) is 24.0 Å². The Bertz CT molecular complexity index is 569. The first-order chi connectivity index (χ1) is 8.00. The molecular weight excluding hydrogens is 218 g/mol. The number of carboxylic acids is 1. The molecule has 0 aliphatic carbocycles. The minimum atomic E-state index is -0.990. The van der Waals surface area contributed by atoms with Gasteiger partial charge in [0.1, 0.15) is 11.4 Å². The quantitative estimate of drug-likeness (QED) is 0.763. The number of aromatic nitrogens is 1. The highest BCUT2D eigenvalue weighted by Crippen LogP contribution is 2.30. The molecule has 0 amide bonds. The molecule has 1 aromatic heterocycles. The first kappa shape index (κ1) is 11.5. The van der Waals surface area contributed by atoms with Crippen molar-refractivity contribution in [3.63, 3.8) is 0 Å². The summed E-state index contributed by atoms with van der Waals surface area (Å²) in [5, 5.41) is 19.6. The van der Waals surface area contributed by atoms with E-state index in [4.69, 9.17) is 5.11 Å². The fraction of sp³-hybridized carbons (Fsp3) is 0.308. The molecule has 0 unspecified atom stereocenters. The number of phenols is 1. The third kappa shape index (κ3) is 1.98. The third-order valence-corrected chi connectivity index (χ3v) is 2.75. The zero-order valence-corrected chi connectivity index (χ0v) is 9.82. The van der Waals surface area contributed by atoms with E-state index in [0.717, 1.165) is 10.9 Å². The highest BCUT2D eigenvalue weighted by molar-refractivity contribution is 5.99. The van der Waals surface area contributed by atoms with Crippen LogP contribution >= 0.6 is 0 Å². The van der Waals surface area contributed by atoms with Crippen LogP contribution in [0.2, 0.25) is 0 Å². The van der Waals surface area contributed by atoms with E-state index < -0.39 is 5.97 Å². The van der Waals surface area contributed by atoms with E-state index in [1.54, 1.807) is 12.1 Å². The number of H-pyrrole nitrogens is 1. The molecule has 4 nitrogen and oxygen atoms in total. The molecule has 0 aliphatic heterocycles. The Morgan fingerprint density at radius 2 is 2.12 bits per heavy atom. The lowest BCUT2D eigenvalue weighted by Crippen LogP contribution is -2.03. The molecule has 0 fully saturated rings. The van der Waals surface area contributed by atoms with Crippen molar-refractivity contribution in [1.82, 2.24) is 4.98 Å². The van der Waals surface area contributed by atoms with E-state index in [1.807, 2.05) is 19.9 Å². The van der Waals surface area contributed by atoms with Crippen LogP contribution in [0, 0.1) is 5.92 Å². The standard InChI is InChI=1S/C13H15NO3/c1-7(2)6-9-8-4-3-5-10(15)11(8)14-12(9)13(16)17/h3-5,7,14-15H,6H2,1-2H3,(H,16,17). The molecule has 1 aromatic carbocycles. The number of hydrogen-bond acceptors (Lipinski definition) is 2. The average molecular weight is 233 g/mol. The SMILES string of the molecule is CC(C)Cc1c(C(=O)O)[nH]c2c(O)cccc12. The number of aromatic carboxylic acids is 1. The minimum absolute atomic E-state index is 0.0833. The van der Waals surface area contributed by atoms with Crippen LogP contribution in [0.25, 0.3) is 10.9 Å². The number of benzene rings is 1. The molecular formula is C13H15NO3. The Labute approximate surface area is 98.9 Å². The van der Waals surface area contributed by atoms with Gasteiger partial charge >= 0.3 is 5.97 Å². The molecule has 0 atom stereocenters. The maximum atomic E-state index is 11.2. The van der Waals surface area contributed by atoms with E-state index in [0.29, 0.717) is 17.9 Å². The van der Waals surface area contributed by atoms with Gasteiger partial charge in [0, 0.05) is 5.39 Å². The molecule has 0 aliphatic rings. The van der Waals surface area contributed by atoms with E-state index in [2.05, 4.69) is 4.98 Å². The lowest BCUT2D eigenvalue weighted by Gasteiger charge is -2.04. The summed E-state index contributed by atoms with van der Waals surface area (Å²) in [6.07, 6.45) is 0.672. The molecule has 1 heterocycles. The Kier molecular flexibility index (Phi) is 2.79. The summed E-state index contributed by atoms with van der Waals surface area (Å²) in [7, 11) is 0. The fourth-order valence-corrected chi connectivity index (χ4v) is 2.06. The van der Waals surface area contributed by atoms with Crippen molar-refractivity contribution in [2.24, 2.45) is 5.92 Å². The van der Waals surface area contributed by atoms with E-state index in [-0.39, 0.29) is 11.4 Å². The molecule has 90 valence electrons. The summed E-state index contributed by atoms with van der Waals surface area (Å²) in [4.78, 5) is 14.0. The Morgan fingerprint density at radius 1 is 1.41 bits per heavy atom. The van der Waals surface area contributed by atoms with Crippen molar-refractivity contribution < 1.29 is 15.0 Å². The van der Waals surface area contributed by atoms with Gasteiger partial charge in [-0.25, -0.2) is 4.79 Å². The summed E-state index contributed by atoms with van der Waals surface area (Å²) in [5.41, 5.74) is 1.44. The first-order valence-electron chi connectivity index (χ1n) is 5.56. The Morgan fingerprint density at radius 3 is 2.71 bits per heavy atom. The molecule has 0 saturated carbocycles. The largest absolute Gasteiger partial charge is 0.506 e. The number of para-hydroxylation sites is 1. The number of fused-ring (bicyclic) bond motifs is 1. The van der Waals surface area contributed by atoms with Gasteiger partial charge in [-0.3, -0.25) is 0 Å². The highest BCUT2D eigenvalue weighted by atomic mass is 16.4. The number of rotatable bonds is 3. The van der Waals surface area contributed by atoms with E-state index >= 15 is 0 Å². The minimum Gasteiger partial charge on any atom is -0.506 e. The van der Waals surface area contributed by atoms with Crippen molar-refractivity contribution in [2.75, 3.05) is 0 Å². The van der Waals surface area contributed by atoms with Crippen LogP contribution in [0.1, 0.15) is 29.9 Å². The number of carboxylic acid groups (broad SMARTS) is 1. The van der Waals surface area contributed by atoms with Crippen LogP contribution in [0.3, 0.4) is 0 Å². The van der Waals surface area contributed by atoms with Crippen LogP contribution in [0.4, 0.5) is 0 Å². The molecule has 0 bridgehead atoms. The second-order valence-corrected chi connectivity index (χ2v) is 4.58. The molecule has 4 heteroatoms. The van der Waals surface area contributed by atoms with Gasteiger partial charge in [0.2, 0.25) is 0 Å². The number of phenolic OH excluding ortho intramolecular Hbond substituents is 1. The van der Waals surface area contributed by atoms with Crippen LogP contribution < -0.4 is 0 Å². The second kappa shape index (κ2) is 4.13. The molecule has 0 radical (unpaired) electrons. The zero-order chi connectivity index (χ0) is 12.6. The average Bonchev–Trinajstić information content (AvgIpc) is 2.58. The summed E-state index contributed by atoms with van der Waals surface area (Å²) < 4.78 is 0. The van der Waals surface area contributed by atoms with Gasteiger partial charge in [-0.15, -0.1) is 0 Å². The van der Waals surface area contributed by atoms with Gasteiger partial charge in [0.15, 0.2) is 0 Å².